The first-order valence-electron chi connectivity index (χ1n) is 8.57. The molecule has 0 fully saturated rings. The second-order valence-electron chi connectivity index (χ2n) is 7.06. The Morgan fingerprint density at radius 3 is 2.11 bits per heavy atom. The molecule has 1 N–H and O–H groups in total. The molecule has 6 nitrogen and oxygen atoms in total. The quantitative estimate of drug-likeness (QED) is 0.727. The van der Waals surface area contributed by atoms with Gasteiger partial charge in [0.15, 0.2) is 0 Å². The molecule has 2 aromatic rings. The number of rotatable bonds is 7. The normalized spacial score (nSPS) is 11.7. The van der Waals surface area contributed by atoms with E-state index in [0.717, 1.165) is 5.56 Å². The van der Waals surface area contributed by atoms with Crippen LogP contribution in [0.3, 0.4) is 0 Å². The summed E-state index contributed by atoms with van der Waals surface area (Å²) in [5.41, 5.74) is 0.802. The molecule has 0 aliphatic carbocycles. The summed E-state index contributed by atoms with van der Waals surface area (Å²) in [4.78, 5) is 11.9. The van der Waals surface area contributed by atoms with Crippen molar-refractivity contribution < 1.29 is 22.7 Å². The molecule has 146 valence electrons. The van der Waals surface area contributed by atoms with Crippen molar-refractivity contribution in [1.29, 1.82) is 0 Å². The average molecular weight is 391 g/mol. The summed E-state index contributed by atoms with van der Waals surface area (Å²) in [6, 6.07) is 13.1. The molecule has 0 unspecified atom stereocenters. The Morgan fingerprint density at radius 1 is 1.00 bits per heavy atom. The standard InChI is InChI=1S/C20H25NO5S/c1-20(2,3)26-19(22)14-7-15-5-12-18(13-6-15)27(23,24)21-16-8-10-17(25-4)11-9-16/h5-6,8-13,21H,7,14H2,1-4H3. The van der Waals surface area contributed by atoms with E-state index in [1.54, 1.807) is 43.5 Å². The predicted octanol–water partition coefficient (Wildman–Crippen LogP) is 3.77. The number of esters is 1. The summed E-state index contributed by atoms with van der Waals surface area (Å²) >= 11 is 0. The Kier molecular flexibility index (Phi) is 6.49. The van der Waals surface area contributed by atoms with E-state index in [-0.39, 0.29) is 17.3 Å². The van der Waals surface area contributed by atoms with Crippen LogP contribution in [0.4, 0.5) is 5.69 Å². The number of sulfonamides is 1. The molecule has 0 atom stereocenters. The van der Waals surface area contributed by atoms with Crippen molar-refractivity contribution in [2.75, 3.05) is 11.8 Å². The van der Waals surface area contributed by atoms with E-state index in [1.165, 1.54) is 12.1 Å². The van der Waals surface area contributed by atoms with E-state index in [9.17, 15) is 13.2 Å². The monoisotopic (exact) mass is 391 g/mol. The topological polar surface area (TPSA) is 81.7 Å². The van der Waals surface area contributed by atoms with E-state index in [4.69, 9.17) is 9.47 Å². The van der Waals surface area contributed by atoms with Gasteiger partial charge < -0.3 is 9.47 Å². The minimum Gasteiger partial charge on any atom is -0.497 e. The molecular weight excluding hydrogens is 366 g/mol. The third-order valence-electron chi connectivity index (χ3n) is 3.61. The van der Waals surface area contributed by atoms with Crippen LogP contribution in [0.15, 0.2) is 53.4 Å². The third kappa shape index (κ3) is 6.60. The van der Waals surface area contributed by atoms with E-state index in [2.05, 4.69) is 4.72 Å². The van der Waals surface area contributed by atoms with Gasteiger partial charge in [-0.25, -0.2) is 8.42 Å². The minimum absolute atomic E-state index is 0.152. The molecule has 27 heavy (non-hydrogen) atoms. The first-order valence-corrected chi connectivity index (χ1v) is 10.0. The van der Waals surface area contributed by atoms with Crippen LogP contribution >= 0.6 is 0 Å². The maximum absolute atomic E-state index is 12.5. The number of aryl methyl sites for hydroxylation is 1. The molecule has 0 saturated carbocycles. The van der Waals surface area contributed by atoms with Gasteiger partial charge in [0.25, 0.3) is 10.0 Å². The summed E-state index contributed by atoms with van der Waals surface area (Å²) in [5.74, 6) is 0.368. The summed E-state index contributed by atoms with van der Waals surface area (Å²) in [6.45, 7) is 5.46. The van der Waals surface area contributed by atoms with Crippen molar-refractivity contribution in [2.24, 2.45) is 0 Å². The molecule has 0 aromatic heterocycles. The van der Waals surface area contributed by atoms with E-state index >= 15 is 0 Å². The highest BCUT2D eigenvalue weighted by atomic mass is 32.2. The van der Waals surface area contributed by atoms with Crippen LogP contribution in [-0.2, 0) is 26.0 Å². The lowest BCUT2D eigenvalue weighted by atomic mass is 10.1. The number of nitrogens with one attached hydrogen (secondary N) is 1. The molecule has 0 spiro atoms. The smallest absolute Gasteiger partial charge is 0.306 e. The number of carbonyl (C=O) groups is 1. The molecule has 0 aliphatic heterocycles. The largest absolute Gasteiger partial charge is 0.497 e. The predicted molar refractivity (Wildman–Crippen MR) is 104 cm³/mol. The SMILES string of the molecule is COc1ccc(NS(=O)(=O)c2ccc(CCC(=O)OC(C)(C)C)cc2)cc1. The minimum atomic E-state index is -3.69. The van der Waals surface area contributed by atoms with E-state index < -0.39 is 15.6 Å². The molecule has 0 radical (unpaired) electrons. The Balaban J connectivity index is 1.99. The van der Waals surface area contributed by atoms with Crippen molar-refractivity contribution >= 4 is 21.7 Å². The van der Waals surface area contributed by atoms with Crippen LogP contribution in [-0.4, -0.2) is 27.1 Å². The number of anilines is 1. The van der Waals surface area contributed by atoms with Gasteiger partial charge in [0.2, 0.25) is 0 Å². The molecule has 0 aliphatic rings. The van der Waals surface area contributed by atoms with Crippen molar-refractivity contribution in [2.45, 2.75) is 44.1 Å². The lowest BCUT2D eigenvalue weighted by Crippen LogP contribution is -2.24. The van der Waals surface area contributed by atoms with E-state index in [1.807, 2.05) is 20.8 Å². The Hall–Kier alpha value is -2.54. The Bertz CT molecular complexity index is 866. The molecule has 7 heteroatoms. The van der Waals surface area contributed by atoms with Gasteiger partial charge >= 0.3 is 5.97 Å². The van der Waals surface area contributed by atoms with Crippen LogP contribution < -0.4 is 9.46 Å². The summed E-state index contributed by atoms with van der Waals surface area (Å²) < 4.78 is 37.8. The average Bonchev–Trinajstić information content (AvgIpc) is 2.59. The zero-order chi connectivity index (χ0) is 20.1. The summed E-state index contributed by atoms with van der Waals surface area (Å²) in [6.07, 6.45) is 0.731. The fourth-order valence-electron chi connectivity index (χ4n) is 2.35. The third-order valence-corrected chi connectivity index (χ3v) is 5.01. The zero-order valence-corrected chi connectivity index (χ0v) is 16.8. The number of hydrogen-bond donors (Lipinski definition) is 1. The van der Waals surface area contributed by atoms with Crippen molar-refractivity contribution in [3.8, 4) is 5.75 Å². The lowest BCUT2D eigenvalue weighted by Gasteiger charge is -2.19. The molecular formula is C20H25NO5S. The number of benzene rings is 2. The molecule has 0 amide bonds. The van der Waals surface area contributed by atoms with Gasteiger partial charge in [0, 0.05) is 12.1 Å². The molecule has 0 heterocycles. The van der Waals surface area contributed by atoms with Gasteiger partial charge in [-0.2, -0.15) is 0 Å². The fraction of sp³-hybridized carbons (Fsp3) is 0.350. The van der Waals surface area contributed by atoms with Gasteiger partial charge in [0.1, 0.15) is 11.4 Å². The van der Waals surface area contributed by atoms with Gasteiger partial charge in [-0.1, -0.05) is 12.1 Å². The fourth-order valence-corrected chi connectivity index (χ4v) is 3.41. The Morgan fingerprint density at radius 2 is 1.59 bits per heavy atom. The number of hydrogen-bond acceptors (Lipinski definition) is 5. The number of methoxy groups -OCH3 is 1. The summed E-state index contributed by atoms with van der Waals surface area (Å²) in [7, 11) is -2.14. The van der Waals surface area contributed by atoms with Crippen LogP contribution in [0.2, 0.25) is 0 Å². The number of carbonyl (C=O) groups excluding carboxylic acids is 1. The van der Waals surface area contributed by atoms with Crippen LogP contribution in [0, 0.1) is 0 Å². The second-order valence-corrected chi connectivity index (χ2v) is 8.75. The molecule has 0 saturated heterocycles. The van der Waals surface area contributed by atoms with Gasteiger partial charge in [-0.15, -0.1) is 0 Å². The van der Waals surface area contributed by atoms with E-state index in [0.29, 0.717) is 17.9 Å². The zero-order valence-electron chi connectivity index (χ0n) is 16.0. The van der Waals surface area contributed by atoms with Crippen LogP contribution in [0.1, 0.15) is 32.8 Å². The van der Waals surface area contributed by atoms with Crippen molar-refractivity contribution in [3.63, 3.8) is 0 Å². The van der Waals surface area contributed by atoms with Crippen molar-refractivity contribution in [3.05, 3.63) is 54.1 Å². The van der Waals surface area contributed by atoms with Crippen LogP contribution in [0.25, 0.3) is 0 Å². The first-order chi connectivity index (χ1) is 12.6. The van der Waals surface area contributed by atoms with Gasteiger partial charge in [0.05, 0.1) is 12.0 Å². The first kappa shape index (κ1) is 20.8. The molecule has 0 bridgehead atoms. The number of ether oxygens (including phenoxy) is 2. The Labute approximate surface area is 160 Å². The molecule has 2 aromatic carbocycles. The maximum Gasteiger partial charge on any atom is 0.306 e. The van der Waals surface area contributed by atoms with Gasteiger partial charge in [-0.3, -0.25) is 9.52 Å². The lowest BCUT2D eigenvalue weighted by molar-refractivity contribution is -0.154. The highest BCUT2D eigenvalue weighted by Crippen LogP contribution is 2.20. The highest BCUT2D eigenvalue weighted by Gasteiger charge is 2.17. The highest BCUT2D eigenvalue weighted by molar-refractivity contribution is 7.92. The summed E-state index contributed by atoms with van der Waals surface area (Å²) in [5, 5.41) is 0. The van der Waals surface area contributed by atoms with Crippen molar-refractivity contribution in [1.82, 2.24) is 0 Å². The second kappa shape index (κ2) is 8.43. The maximum atomic E-state index is 12.5. The molecule has 2 rings (SSSR count). The van der Waals surface area contributed by atoms with Gasteiger partial charge in [-0.05, 0) is 69.2 Å². The van der Waals surface area contributed by atoms with Crippen LogP contribution in [0.5, 0.6) is 5.75 Å².